The Labute approximate surface area is 115 Å². The fourth-order valence-electron chi connectivity index (χ4n) is 2.53. The second kappa shape index (κ2) is 7.12. The summed E-state index contributed by atoms with van der Waals surface area (Å²) in [5.41, 5.74) is 2.04. The van der Waals surface area contributed by atoms with Crippen LogP contribution in [0.25, 0.3) is 0 Å². The van der Waals surface area contributed by atoms with Crippen LogP contribution >= 0.6 is 0 Å². The molecular weight excluding hydrogens is 238 g/mol. The molecule has 19 heavy (non-hydrogen) atoms. The average Bonchev–Trinajstić information content (AvgIpc) is 2.40. The van der Waals surface area contributed by atoms with Crippen molar-refractivity contribution in [2.45, 2.75) is 51.5 Å². The second-order valence-corrected chi connectivity index (χ2v) is 5.26. The number of aryl methyl sites for hydroxylation is 1. The Bertz CT molecular complexity index is 414. The van der Waals surface area contributed by atoms with Gasteiger partial charge in [0.05, 0.1) is 0 Å². The summed E-state index contributed by atoms with van der Waals surface area (Å²) in [5.74, 6) is 0. The van der Waals surface area contributed by atoms with Gasteiger partial charge < -0.3 is 10.6 Å². The number of pyridine rings is 1. The predicted molar refractivity (Wildman–Crippen MR) is 76.1 cm³/mol. The van der Waals surface area contributed by atoms with Crippen LogP contribution < -0.4 is 10.6 Å². The van der Waals surface area contributed by atoms with Crippen molar-refractivity contribution in [3.05, 3.63) is 29.6 Å². The van der Waals surface area contributed by atoms with Gasteiger partial charge >= 0.3 is 6.03 Å². The third-order valence-electron chi connectivity index (χ3n) is 3.55. The van der Waals surface area contributed by atoms with Gasteiger partial charge in [0.25, 0.3) is 0 Å². The summed E-state index contributed by atoms with van der Waals surface area (Å²) in [7, 11) is 0. The minimum Gasteiger partial charge on any atom is -0.338 e. The molecule has 1 aromatic rings. The van der Waals surface area contributed by atoms with Crippen molar-refractivity contribution < 1.29 is 4.79 Å². The molecule has 2 amide bonds. The molecule has 0 radical (unpaired) electrons. The molecule has 0 spiro atoms. The Morgan fingerprint density at radius 2 is 2.11 bits per heavy atom. The van der Waals surface area contributed by atoms with E-state index in [9.17, 15) is 4.79 Å². The lowest BCUT2D eigenvalue weighted by molar-refractivity contribution is 0.233. The lowest BCUT2D eigenvalue weighted by Crippen LogP contribution is -2.43. The van der Waals surface area contributed by atoms with Gasteiger partial charge in [-0.1, -0.05) is 25.3 Å². The number of amides is 2. The molecule has 1 heterocycles. The fourth-order valence-corrected chi connectivity index (χ4v) is 2.53. The number of nitrogens with one attached hydrogen (secondary N) is 2. The first-order chi connectivity index (χ1) is 9.24. The van der Waals surface area contributed by atoms with Gasteiger partial charge in [0.2, 0.25) is 0 Å². The summed E-state index contributed by atoms with van der Waals surface area (Å²) < 4.78 is 0. The highest BCUT2D eigenvalue weighted by Gasteiger charge is 2.14. The maximum absolute atomic E-state index is 11.7. The zero-order chi connectivity index (χ0) is 13.5. The molecule has 4 nitrogen and oxygen atoms in total. The topological polar surface area (TPSA) is 54.0 Å². The van der Waals surface area contributed by atoms with Crippen molar-refractivity contribution in [1.82, 2.24) is 15.6 Å². The molecule has 2 rings (SSSR count). The van der Waals surface area contributed by atoms with E-state index in [0.29, 0.717) is 12.6 Å². The molecule has 0 bridgehead atoms. The molecule has 2 N–H and O–H groups in total. The number of aromatic nitrogens is 1. The third-order valence-corrected chi connectivity index (χ3v) is 3.55. The van der Waals surface area contributed by atoms with E-state index in [0.717, 1.165) is 30.7 Å². The van der Waals surface area contributed by atoms with Gasteiger partial charge in [-0.2, -0.15) is 0 Å². The normalized spacial score (nSPS) is 16.1. The number of rotatable bonds is 4. The van der Waals surface area contributed by atoms with Gasteiger partial charge in [-0.25, -0.2) is 4.79 Å². The first-order valence-corrected chi connectivity index (χ1v) is 7.21. The van der Waals surface area contributed by atoms with E-state index in [2.05, 4.69) is 15.6 Å². The lowest BCUT2D eigenvalue weighted by atomic mass is 9.96. The van der Waals surface area contributed by atoms with Crippen LogP contribution in [0.15, 0.2) is 18.2 Å². The van der Waals surface area contributed by atoms with Crippen LogP contribution in [0.1, 0.15) is 43.5 Å². The van der Waals surface area contributed by atoms with E-state index >= 15 is 0 Å². The van der Waals surface area contributed by atoms with Crippen LogP contribution in [0, 0.1) is 6.92 Å². The van der Waals surface area contributed by atoms with Crippen molar-refractivity contribution in [1.29, 1.82) is 0 Å². The monoisotopic (exact) mass is 261 g/mol. The molecule has 0 unspecified atom stereocenters. The van der Waals surface area contributed by atoms with Gasteiger partial charge in [0.1, 0.15) is 0 Å². The van der Waals surface area contributed by atoms with Crippen molar-refractivity contribution in [2.24, 2.45) is 0 Å². The van der Waals surface area contributed by atoms with Crippen LogP contribution in [0.2, 0.25) is 0 Å². The smallest absolute Gasteiger partial charge is 0.315 e. The Balaban J connectivity index is 1.66. The Morgan fingerprint density at radius 1 is 1.32 bits per heavy atom. The summed E-state index contributed by atoms with van der Waals surface area (Å²) in [6.07, 6.45) is 6.79. The zero-order valence-corrected chi connectivity index (χ0v) is 11.6. The molecule has 0 saturated heterocycles. The number of hydrogen-bond donors (Lipinski definition) is 2. The van der Waals surface area contributed by atoms with E-state index in [-0.39, 0.29) is 6.03 Å². The quantitative estimate of drug-likeness (QED) is 0.875. The molecule has 1 fully saturated rings. The zero-order valence-electron chi connectivity index (χ0n) is 11.6. The average molecular weight is 261 g/mol. The van der Waals surface area contributed by atoms with Crippen molar-refractivity contribution >= 4 is 6.03 Å². The van der Waals surface area contributed by atoms with Gasteiger partial charge in [0.15, 0.2) is 0 Å². The lowest BCUT2D eigenvalue weighted by Gasteiger charge is -2.22. The van der Waals surface area contributed by atoms with E-state index in [1.54, 1.807) is 0 Å². The maximum atomic E-state index is 11.7. The molecule has 0 aromatic carbocycles. The first kappa shape index (κ1) is 13.8. The fraction of sp³-hybridized carbons (Fsp3) is 0.600. The van der Waals surface area contributed by atoms with Crippen molar-refractivity contribution in [3.8, 4) is 0 Å². The van der Waals surface area contributed by atoms with Gasteiger partial charge in [-0.3, -0.25) is 4.98 Å². The molecule has 4 heteroatoms. The molecule has 1 aliphatic carbocycles. The molecule has 1 saturated carbocycles. The minimum atomic E-state index is -0.0421. The SMILES string of the molecule is Cc1cccc(CCNC(=O)NC2CCCCC2)n1. The summed E-state index contributed by atoms with van der Waals surface area (Å²) in [4.78, 5) is 16.1. The second-order valence-electron chi connectivity index (χ2n) is 5.26. The first-order valence-electron chi connectivity index (χ1n) is 7.21. The number of carbonyl (C=O) groups is 1. The van der Waals surface area contributed by atoms with Crippen LogP contribution in [0.5, 0.6) is 0 Å². The summed E-state index contributed by atoms with van der Waals surface area (Å²) in [6, 6.07) is 6.30. The number of hydrogen-bond acceptors (Lipinski definition) is 2. The number of nitrogens with zero attached hydrogens (tertiary/aromatic N) is 1. The maximum Gasteiger partial charge on any atom is 0.315 e. The number of urea groups is 1. The van der Waals surface area contributed by atoms with E-state index in [4.69, 9.17) is 0 Å². The van der Waals surface area contributed by atoms with Crippen LogP contribution in [0.4, 0.5) is 4.79 Å². The summed E-state index contributed by atoms with van der Waals surface area (Å²) in [5, 5.41) is 5.95. The van der Waals surface area contributed by atoms with Crippen molar-refractivity contribution in [2.75, 3.05) is 6.54 Å². The highest BCUT2D eigenvalue weighted by molar-refractivity contribution is 5.74. The van der Waals surface area contributed by atoms with E-state index in [1.165, 1.54) is 19.3 Å². The third kappa shape index (κ3) is 4.89. The molecule has 1 aromatic heterocycles. The van der Waals surface area contributed by atoms with Crippen LogP contribution in [-0.2, 0) is 6.42 Å². The summed E-state index contributed by atoms with van der Waals surface area (Å²) >= 11 is 0. The van der Waals surface area contributed by atoms with E-state index in [1.807, 2.05) is 25.1 Å². The Hall–Kier alpha value is -1.58. The van der Waals surface area contributed by atoms with Crippen LogP contribution in [0.3, 0.4) is 0 Å². The number of carbonyl (C=O) groups excluding carboxylic acids is 1. The highest BCUT2D eigenvalue weighted by Crippen LogP contribution is 2.17. The molecule has 104 valence electrons. The largest absolute Gasteiger partial charge is 0.338 e. The molecule has 1 aliphatic rings. The van der Waals surface area contributed by atoms with Gasteiger partial charge in [0, 0.05) is 30.4 Å². The van der Waals surface area contributed by atoms with Crippen molar-refractivity contribution in [3.63, 3.8) is 0 Å². The van der Waals surface area contributed by atoms with Crippen LogP contribution in [-0.4, -0.2) is 23.6 Å². The molecule has 0 atom stereocenters. The van der Waals surface area contributed by atoms with Gasteiger partial charge in [-0.05, 0) is 31.9 Å². The minimum absolute atomic E-state index is 0.0421. The van der Waals surface area contributed by atoms with E-state index < -0.39 is 0 Å². The van der Waals surface area contributed by atoms with Gasteiger partial charge in [-0.15, -0.1) is 0 Å². The molecule has 0 aliphatic heterocycles. The summed E-state index contributed by atoms with van der Waals surface area (Å²) in [6.45, 7) is 2.61. The highest BCUT2D eigenvalue weighted by atomic mass is 16.2. The predicted octanol–water partition coefficient (Wildman–Crippen LogP) is 2.56. The Morgan fingerprint density at radius 3 is 2.84 bits per heavy atom. The standard InChI is InChI=1S/C15H23N3O/c1-12-6-5-9-14(17-12)10-11-16-15(19)18-13-7-3-2-4-8-13/h5-6,9,13H,2-4,7-8,10-11H2,1H3,(H2,16,18,19). The molecular formula is C15H23N3O. The Kier molecular flexibility index (Phi) is 5.19.